The zero-order valence-corrected chi connectivity index (χ0v) is 14.8. The normalized spacial score (nSPS) is 16.6. The minimum absolute atomic E-state index is 0.0423. The molecule has 126 valence electrons. The molecule has 3 aromatic rings. The number of hydrogen-bond acceptors (Lipinski definition) is 3. The Morgan fingerprint density at radius 3 is 2.64 bits per heavy atom. The quantitative estimate of drug-likeness (QED) is 0.597. The Kier molecular flexibility index (Phi) is 3.82. The lowest BCUT2D eigenvalue weighted by molar-refractivity contribution is -0.135. The topological polar surface area (TPSA) is 48.3 Å². The number of pyridine rings is 1. The van der Waals surface area contributed by atoms with Gasteiger partial charge < -0.3 is 9.30 Å². The summed E-state index contributed by atoms with van der Waals surface area (Å²) < 4.78 is 7.04. The highest BCUT2D eigenvalue weighted by molar-refractivity contribution is 6.42. The number of fused-ring (bicyclic) bond motifs is 3. The molecule has 4 nitrogen and oxygen atoms in total. The Hall–Kier alpha value is -2.30. The maximum absolute atomic E-state index is 13.0. The van der Waals surface area contributed by atoms with E-state index in [0.717, 1.165) is 5.39 Å². The van der Waals surface area contributed by atoms with E-state index in [-0.39, 0.29) is 12.0 Å². The van der Waals surface area contributed by atoms with Crippen LogP contribution < -0.4 is 10.3 Å². The van der Waals surface area contributed by atoms with Crippen molar-refractivity contribution in [3.8, 4) is 5.75 Å². The van der Waals surface area contributed by atoms with Crippen LogP contribution in [0.4, 0.5) is 0 Å². The molecule has 2 heterocycles. The van der Waals surface area contributed by atoms with Gasteiger partial charge in [-0.2, -0.15) is 0 Å². The summed E-state index contributed by atoms with van der Waals surface area (Å²) in [7, 11) is 1.71. The number of rotatable bonds is 1. The SMILES string of the molecule is Cn1c(=O)c2c(c3ccccc31)OC(=O)C[C@H]2c1cccc(Cl)c1Cl. The second-order valence-electron chi connectivity index (χ2n) is 6.00. The molecule has 0 N–H and O–H groups in total. The van der Waals surface area contributed by atoms with E-state index >= 15 is 0 Å². The average molecular weight is 374 g/mol. The van der Waals surface area contributed by atoms with Crippen molar-refractivity contribution in [2.45, 2.75) is 12.3 Å². The standard InChI is InChI=1S/C19H13Cl2NO3/c1-22-14-8-3-2-5-11(14)18-16(19(22)24)12(9-15(23)25-18)10-6-4-7-13(20)17(10)21/h2-8,12H,9H2,1H3/t12-/m0/s1. The summed E-state index contributed by atoms with van der Waals surface area (Å²) in [6.45, 7) is 0. The Bertz CT molecular complexity index is 1090. The van der Waals surface area contributed by atoms with Crippen LogP contribution in [0.2, 0.25) is 10.0 Å². The third-order valence-electron chi connectivity index (χ3n) is 4.58. The Morgan fingerprint density at radius 2 is 1.84 bits per heavy atom. The van der Waals surface area contributed by atoms with Crippen LogP contribution in [0.1, 0.15) is 23.5 Å². The van der Waals surface area contributed by atoms with E-state index in [0.29, 0.717) is 32.4 Å². The van der Waals surface area contributed by atoms with Crippen LogP contribution in [0.25, 0.3) is 10.9 Å². The van der Waals surface area contributed by atoms with Crippen molar-refractivity contribution in [2.75, 3.05) is 0 Å². The Labute approximate surface area is 153 Å². The zero-order valence-electron chi connectivity index (χ0n) is 13.3. The molecule has 25 heavy (non-hydrogen) atoms. The maximum Gasteiger partial charge on any atom is 0.312 e. The van der Waals surface area contributed by atoms with Crippen molar-refractivity contribution in [3.63, 3.8) is 0 Å². The molecule has 6 heteroatoms. The number of nitrogens with zero attached hydrogens (tertiary/aromatic N) is 1. The lowest BCUT2D eigenvalue weighted by Crippen LogP contribution is -2.31. The molecule has 1 aliphatic rings. The van der Waals surface area contributed by atoms with Gasteiger partial charge in [0.2, 0.25) is 0 Å². The molecule has 0 saturated carbocycles. The molecular weight excluding hydrogens is 361 g/mol. The number of halogens is 2. The number of aromatic nitrogens is 1. The van der Waals surface area contributed by atoms with Gasteiger partial charge in [-0.1, -0.05) is 47.5 Å². The summed E-state index contributed by atoms with van der Waals surface area (Å²) in [5.41, 5.74) is 1.59. The first-order valence-electron chi connectivity index (χ1n) is 7.75. The number of benzene rings is 2. The molecular formula is C19H13Cl2NO3. The molecule has 4 rings (SSSR count). The monoisotopic (exact) mass is 373 g/mol. The first-order valence-corrected chi connectivity index (χ1v) is 8.51. The highest BCUT2D eigenvalue weighted by Gasteiger charge is 2.34. The third-order valence-corrected chi connectivity index (χ3v) is 5.42. The van der Waals surface area contributed by atoms with E-state index in [1.165, 1.54) is 0 Å². The summed E-state index contributed by atoms with van der Waals surface area (Å²) >= 11 is 12.5. The van der Waals surface area contributed by atoms with Crippen molar-refractivity contribution < 1.29 is 9.53 Å². The van der Waals surface area contributed by atoms with E-state index in [9.17, 15) is 9.59 Å². The molecule has 2 aromatic carbocycles. The Morgan fingerprint density at radius 1 is 1.08 bits per heavy atom. The molecule has 0 aliphatic carbocycles. The average Bonchev–Trinajstić information content (AvgIpc) is 2.61. The Balaban J connectivity index is 2.09. The largest absolute Gasteiger partial charge is 0.425 e. The minimum atomic E-state index is -0.495. The second kappa shape index (κ2) is 5.90. The zero-order chi connectivity index (χ0) is 17.7. The van der Waals surface area contributed by atoms with Crippen molar-refractivity contribution >= 4 is 40.1 Å². The third kappa shape index (κ3) is 2.44. The van der Waals surface area contributed by atoms with Crippen LogP contribution in [0.15, 0.2) is 47.3 Å². The lowest BCUT2D eigenvalue weighted by atomic mass is 9.86. The summed E-state index contributed by atoms with van der Waals surface area (Å²) in [4.78, 5) is 25.2. The maximum atomic E-state index is 13.0. The van der Waals surface area contributed by atoms with Gasteiger partial charge in [-0.3, -0.25) is 9.59 Å². The molecule has 1 atom stereocenters. The molecule has 0 bridgehead atoms. The van der Waals surface area contributed by atoms with Crippen LogP contribution in [-0.2, 0) is 11.8 Å². The van der Waals surface area contributed by atoms with E-state index < -0.39 is 11.9 Å². The van der Waals surface area contributed by atoms with Gasteiger partial charge in [0, 0.05) is 18.4 Å². The lowest BCUT2D eigenvalue weighted by Gasteiger charge is -2.27. The van der Waals surface area contributed by atoms with Crippen molar-refractivity contribution in [3.05, 3.63) is 74.0 Å². The fraction of sp³-hybridized carbons (Fsp3) is 0.158. The minimum Gasteiger partial charge on any atom is -0.425 e. The van der Waals surface area contributed by atoms with Gasteiger partial charge in [0.25, 0.3) is 5.56 Å². The highest BCUT2D eigenvalue weighted by atomic mass is 35.5. The number of para-hydroxylation sites is 1. The molecule has 0 fully saturated rings. The van der Waals surface area contributed by atoms with Gasteiger partial charge >= 0.3 is 5.97 Å². The second-order valence-corrected chi connectivity index (χ2v) is 6.78. The van der Waals surface area contributed by atoms with Gasteiger partial charge in [-0.15, -0.1) is 0 Å². The van der Waals surface area contributed by atoms with Gasteiger partial charge in [0.1, 0.15) is 5.75 Å². The molecule has 1 aromatic heterocycles. The predicted molar refractivity (Wildman–Crippen MR) is 97.7 cm³/mol. The molecule has 0 saturated heterocycles. The summed E-state index contributed by atoms with van der Waals surface area (Å²) in [5, 5.41) is 1.46. The smallest absolute Gasteiger partial charge is 0.312 e. The molecule has 0 radical (unpaired) electrons. The summed E-state index contributed by atoms with van der Waals surface area (Å²) in [5.74, 6) is -0.575. The highest BCUT2D eigenvalue weighted by Crippen LogP contribution is 2.43. The number of hydrogen-bond donors (Lipinski definition) is 0. The number of carbonyl (C=O) groups excluding carboxylic acids is 1. The van der Waals surface area contributed by atoms with E-state index in [1.807, 2.05) is 24.3 Å². The fourth-order valence-electron chi connectivity index (χ4n) is 3.39. The number of esters is 1. The van der Waals surface area contributed by atoms with Crippen molar-refractivity contribution in [2.24, 2.45) is 7.05 Å². The fourth-order valence-corrected chi connectivity index (χ4v) is 3.83. The summed E-state index contributed by atoms with van der Waals surface area (Å²) in [6, 6.07) is 12.6. The van der Waals surface area contributed by atoms with Crippen molar-refractivity contribution in [1.82, 2.24) is 4.57 Å². The molecule has 1 aliphatic heterocycles. The van der Waals surface area contributed by atoms with Crippen LogP contribution in [0.5, 0.6) is 5.75 Å². The van der Waals surface area contributed by atoms with Gasteiger partial charge in [0.15, 0.2) is 0 Å². The van der Waals surface area contributed by atoms with E-state index in [2.05, 4.69) is 0 Å². The van der Waals surface area contributed by atoms with Gasteiger partial charge in [0.05, 0.1) is 27.5 Å². The van der Waals surface area contributed by atoms with E-state index in [4.69, 9.17) is 27.9 Å². The first kappa shape index (κ1) is 16.2. The summed E-state index contributed by atoms with van der Waals surface area (Å²) in [6.07, 6.45) is 0.0423. The van der Waals surface area contributed by atoms with Crippen LogP contribution >= 0.6 is 23.2 Å². The van der Waals surface area contributed by atoms with Crippen molar-refractivity contribution in [1.29, 1.82) is 0 Å². The van der Waals surface area contributed by atoms with Crippen LogP contribution in [-0.4, -0.2) is 10.5 Å². The number of aryl methyl sites for hydroxylation is 1. The van der Waals surface area contributed by atoms with Gasteiger partial charge in [-0.25, -0.2) is 0 Å². The van der Waals surface area contributed by atoms with Gasteiger partial charge in [-0.05, 0) is 23.8 Å². The number of carbonyl (C=O) groups is 1. The molecule has 0 spiro atoms. The molecule has 0 unspecified atom stereocenters. The number of ether oxygens (including phenoxy) is 1. The first-order chi connectivity index (χ1) is 12.0. The predicted octanol–water partition coefficient (Wildman–Crippen LogP) is 4.29. The van der Waals surface area contributed by atoms with Crippen LogP contribution in [0.3, 0.4) is 0 Å². The van der Waals surface area contributed by atoms with Crippen LogP contribution in [0, 0.1) is 0 Å². The van der Waals surface area contributed by atoms with E-state index in [1.54, 1.807) is 29.8 Å². The molecule has 0 amide bonds.